The molecule has 0 amide bonds. The Morgan fingerprint density at radius 2 is 2.11 bits per heavy atom. The second-order valence-electron chi connectivity index (χ2n) is 4.76. The van der Waals surface area contributed by atoms with Crippen LogP contribution in [0.2, 0.25) is 0 Å². The maximum Gasteiger partial charge on any atom is 0.237 e. The monoisotopic (exact) mass is 264 g/mol. The lowest BCUT2D eigenvalue weighted by molar-refractivity contribution is -0.119. The number of Topliss-reactive ketones (excluding diaryl/α,β-unsaturated/α-hetero) is 1. The molecule has 1 unspecified atom stereocenters. The predicted octanol–water partition coefficient (Wildman–Crippen LogP) is 3.44. The molecule has 0 radical (unpaired) electrons. The van der Waals surface area contributed by atoms with Gasteiger partial charge in [-0.2, -0.15) is 16.3 Å². The fourth-order valence-electron chi connectivity index (χ4n) is 1.99. The highest BCUT2D eigenvalue weighted by Crippen LogP contribution is 2.28. The lowest BCUT2D eigenvalue weighted by atomic mass is 9.92. The van der Waals surface area contributed by atoms with Gasteiger partial charge in [0, 0.05) is 10.9 Å². The molecular weight excluding hydrogens is 248 g/mol. The van der Waals surface area contributed by atoms with Crippen LogP contribution in [0.15, 0.2) is 15.3 Å². The van der Waals surface area contributed by atoms with E-state index in [9.17, 15) is 4.79 Å². The van der Waals surface area contributed by atoms with E-state index in [1.807, 2.05) is 31.5 Å². The summed E-state index contributed by atoms with van der Waals surface area (Å²) in [6.07, 6.45) is 0. The maximum absolute atomic E-state index is 11.6. The number of aromatic nitrogens is 2. The quantitative estimate of drug-likeness (QED) is 0.848. The Morgan fingerprint density at radius 1 is 1.39 bits per heavy atom. The molecule has 0 fully saturated rings. The SMILES string of the molecule is CC(=O)C(c1nc(-c2cscc2C)no1)C(C)C. The zero-order valence-electron chi connectivity index (χ0n) is 10.9. The molecule has 0 saturated heterocycles. The van der Waals surface area contributed by atoms with Crippen molar-refractivity contribution in [2.75, 3.05) is 0 Å². The Kier molecular flexibility index (Phi) is 3.61. The van der Waals surface area contributed by atoms with Crippen LogP contribution in [0.4, 0.5) is 0 Å². The Labute approximate surface area is 110 Å². The molecule has 0 saturated carbocycles. The molecule has 96 valence electrons. The summed E-state index contributed by atoms with van der Waals surface area (Å²) >= 11 is 1.60. The number of aryl methyl sites for hydroxylation is 1. The summed E-state index contributed by atoms with van der Waals surface area (Å²) in [6, 6.07) is 0. The summed E-state index contributed by atoms with van der Waals surface area (Å²) in [7, 11) is 0. The molecule has 2 heterocycles. The van der Waals surface area contributed by atoms with E-state index in [-0.39, 0.29) is 17.6 Å². The van der Waals surface area contributed by atoms with Gasteiger partial charge < -0.3 is 4.52 Å². The van der Waals surface area contributed by atoms with Gasteiger partial charge in [-0.25, -0.2) is 0 Å². The zero-order chi connectivity index (χ0) is 13.3. The highest BCUT2D eigenvalue weighted by Gasteiger charge is 2.27. The topological polar surface area (TPSA) is 56.0 Å². The molecule has 0 aliphatic rings. The third-order valence-electron chi connectivity index (χ3n) is 2.91. The molecule has 0 N–H and O–H groups in total. The van der Waals surface area contributed by atoms with Crippen molar-refractivity contribution in [1.82, 2.24) is 10.1 Å². The molecule has 0 spiro atoms. The number of carbonyl (C=O) groups excluding carboxylic acids is 1. The summed E-state index contributed by atoms with van der Waals surface area (Å²) in [5.41, 5.74) is 2.09. The lowest BCUT2D eigenvalue weighted by Crippen LogP contribution is -2.15. The van der Waals surface area contributed by atoms with Gasteiger partial charge in [0.15, 0.2) is 0 Å². The number of carbonyl (C=O) groups is 1. The van der Waals surface area contributed by atoms with Crippen molar-refractivity contribution in [3.63, 3.8) is 0 Å². The van der Waals surface area contributed by atoms with Gasteiger partial charge in [-0.15, -0.1) is 0 Å². The highest BCUT2D eigenvalue weighted by atomic mass is 32.1. The Hall–Kier alpha value is -1.49. The van der Waals surface area contributed by atoms with E-state index in [0.29, 0.717) is 11.7 Å². The van der Waals surface area contributed by atoms with Crippen molar-refractivity contribution in [3.05, 3.63) is 22.2 Å². The van der Waals surface area contributed by atoms with Gasteiger partial charge in [0.1, 0.15) is 5.78 Å². The molecule has 2 rings (SSSR count). The summed E-state index contributed by atoms with van der Waals surface area (Å²) < 4.78 is 5.25. The minimum absolute atomic E-state index is 0.0576. The van der Waals surface area contributed by atoms with Gasteiger partial charge >= 0.3 is 0 Å². The summed E-state index contributed by atoms with van der Waals surface area (Å²) in [4.78, 5) is 16.0. The van der Waals surface area contributed by atoms with E-state index in [1.54, 1.807) is 18.3 Å². The number of rotatable bonds is 4. The number of nitrogens with zero attached hydrogens (tertiary/aromatic N) is 2. The summed E-state index contributed by atoms with van der Waals surface area (Å²) in [5, 5.41) is 8.00. The second-order valence-corrected chi connectivity index (χ2v) is 5.50. The van der Waals surface area contributed by atoms with E-state index in [2.05, 4.69) is 10.1 Å². The predicted molar refractivity (Wildman–Crippen MR) is 70.6 cm³/mol. The summed E-state index contributed by atoms with van der Waals surface area (Å²) in [5.74, 6) is 0.876. The van der Waals surface area contributed by atoms with Crippen LogP contribution >= 0.6 is 11.3 Å². The van der Waals surface area contributed by atoms with Gasteiger partial charge in [0.25, 0.3) is 0 Å². The van der Waals surface area contributed by atoms with Crippen molar-refractivity contribution in [2.45, 2.75) is 33.6 Å². The molecule has 0 aromatic carbocycles. The van der Waals surface area contributed by atoms with Crippen LogP contribution in [-0.2, 0) is 4.79 Å². The van der Waals surface area contributed by atoms with Crippen LogP contribution in [0, 0.1) is 12.8 Å². The average Bonchev–Trinajstić information content (AvgIpc) is 2.85. The molecule has 0 bridgehead atoms. The first-order valence-corrected chi connectivity index (χ1v) is 6.82. The number of hydrogen-bond donors (Lipinski definition) is 0. The minimum Gasteiger partial charge on any atom is -0.338 e. The molecule has 2 aromatic heterocycles. The normalized spacial score (nSPS) is 12.9. The van der Waals surface area contributed by atoms with Crippen LogP contribution in [0.25, 0.3) is 11.4 Å². The van der Waals surface area contributed by atoms with E-state index in [0.717, 1.165) is 11.1 Å². The second kappa shape index (κ2) is 5.02. The van der Waals surface area contributed by atoms with E-state index in [1.165, 1.54) is 0 Å². The van der Waals surface area contributed by atoms with Gasteiger partial charge in [-0.3, -0.25) is 4.79 Å². The molecule has 4 nitrogen and oxygen atoms in total. The molecule has 5 heteroatoms. The van der Waals surface area contributed by atoms with Gasteiger partial charge in [0.2, 0.25) is 11.7 Å². The van der Waals surface area contributed by atoms with E-state index >= 15 is 0 Å². The van der Waals surface area contributed by atoms with Crippen LogP contribution in [0.1, 0.15) is 38.1 Å². The third kappa shape index (κ3) is 2.36. The fourth-order valence-corrected chi connectivity index (χ4v) is 2.82. The highest BCUT2D eigenvalue weighted by molar-refractivity contribution is 7.08. The molecule has 0 aliphatic heterocycles. The molecule has 18 heavy (non-hydrogen) atoms. The van der Waals surface area contributed by atoms with E-state index in [4.69, 9.17) is 4.52 Å². The zero-order valence-corrected chi connectivity index (χ0v) is 11.7. The number of ketones is 1. The molecule has 0 aliphatic carbocycles. The maximum atomic E-state index is 11.6. The van der Waals surface area contributed by atoms with Crippen LogP contribution in [0.3, 0.4) is 0 Å². The smallest absolute Gasteiger partial charge is 0.237 e. The van der Waals surface area contributed by atoms with Gasteiger partial charge in [-0.1, -0.05) is 19.0 Å². The van der Waals surface area contributed by atoms with Crippen molar-refractivity contribution >= 4 is 17.1 Å². The van der Waals surface area contributed by atoms with Gasteiger partial charge in [-0.05, 0) is 30.7 Å². The average molecular weight is 264 g/mol. The lowest BCUT2D eigenvalue weighted by Gasteiger charge is -2.12. The van der Waals surface area contributed by atoms with Crippen molar-refractivity contribution in [2.24, 2.45) is 5.92 Å². The van der Waals surface area contributed by atoms with Crippen LogP contribution in [-0.4, -0.2) is 15.9 Å². The van der Waals surface area contributed by atoms with Crippen LogP contribution in [0.5, 0.6) is 0 Å². The Bertz CT molecular complexity index is 557. The van der Waals surface area contributed by atoms with Crippen molar-refractivity contribution in [1.29, 1.82) is 0 Å². The Balaban J connectivity index is 2.36. The summed E-state index contributed by atoms with van der Waals surface area (Å²) in [6.45, 7) is 7.52. The molecule has 2 aromatic rings. The fraction of sp³-hybridized carbons (Fsp3) is 0.462. The number of thiophene rings is 1. The largest absolute Gasteiger partial charge is 0.338 e. The third-order valence-corrected chi connectivity index (χ3v) is 3.77. The molecular formula is C13H16N2O2S. The standard InChI is InChI=1S/C13H16N2O2S/c1-7(2)11(9(4)16)13-14-12(15-17-13)10-6-18-5-8(10)3/h5-7,11H,1-4H3. The minimum atomic E-state index is -0.315. The Morgan fingerprint density at radius 3 is 2.61 bits per heavy atom. The van der Waals surface area contributed by atoms with Gasteiger partial charge in [0.05, 0.1) is 5.92 Å². The molecule has 1 atom stereocenters. The first-order chi connectivity index (χ1) is 8.50. The first kappa shape index (κ1) is 13.0. The van der Waals surface area contributed by atoms with Crippen molar-refractivity contribution in [3.8, 4) is 11.4 Å². The number of hydrogen-bond acceptors (Lipinski definition) is 5. The van der Waals surface area contributed by atoms with E-state index < -0.39 is 0 Å². The first-order valence-electron chi connectivity index (χ1n) is 5.88. The van der Waals surface area contributed by atoms with Crippen molar-refractivity contribution < 1.29 is 9.32 Å². The van der Waals surface area contributed by atoms with Crippen LogP contribution < -0.4 is 0 Å².